The van der Waals surface area contributed by atoms with Gasteiger partial charge in [0.25, 0.3) is 0 Å². The molecule has 0 unspecified atom stereocenters. The predicted octanol–water partition coefficient (Wildman–Crippen LogP) is 6.30. The van der Waals surface area contributed by atoms with Gasteiger partial charge in [-0.1, -0.05) is 90.4 Å². The second-order valence-corrected chi connectivity index (χ2v) is 8.37. The first kappa shape index (κ1) is 27.2. The predicted molar refractivity (Wildman–Crippen MR) is 128 cm³/mol. The topological polar surface area (TPSA) is 75.6 Å². The minimum Gasteiger partial charge on any atom is -0.454 e. The zero-order chi connectivity index (χ0) is 22.6. The van der Waals surface area contributed by atoms with Crippen molar-refractivity contribution >= 4 is 17.4 Å². The number of rotatable bonds is 20. The van der Waals surface area contributed by atoms with Crippen molar-refractivity contribution in [2.24, 2.45) is 0 Å². The summed E-state index contributed by atoms with van der Waals surface area (Å²) in [6.45, 7) is 2.18. The van der Waals surface area contributed by atoms with E-state index in [4.69, 9.17) is 9.84 Å². The Morgan fingerprint density at radius 3 is 1.74 bits per heavy atom. The lowest BCUT2D eigenvalue weighted by molar-refractivity contribution is -0.124. The quantitative estimate of drug-likeness (QED) is 0.186. The number of hydrogen-bond donors (Lipinski definition) is 2. The van der Waals surface area contributed by atoms with Crippen LogP contribution in [0.25, 0.3) is 0 Å². The molecule has 5 heteroatoms. The summed E-state index contributed by atoms with van der Waals surface area (Å²) in [4.78, 5) is 22.8. The summed E-state index contributed by atoms with van der Waals surface area (Å²) in [5.74, 6) is -1.07. The van der Waals surface area contributed by atoms with Crippen LogP contribution in [0.15, 0.2) is 24.3 Å². The van der Waals surface area contributed by atoms with Crippen molar-refractivity contribution in [2.75, 3.05) is 25.1 Å². The van der Waals surface area contributed by atoms with Crippen LogP contribution in [-0.2, 0) is 9.53 Å². The molecule has 5 nitrogen and oxygen atoms in total. The number of esters is 1. The molecule has 0 aliphatic rings. The number of carbonyl (C=O) groups excluding carboxylic acids is 2. The Kier molecular flexibility index (Phi) is 16.5. The molecule has 0 amide bonds. The highest BCUT2D eigenvalue weighted by Crippen LogP contribution is 2.14. The van der Waals surface area contributed by atoms with Crippen LogP contribution in [-0.4, -0.2) is 36.6 Å². The van der Waals surface area contributed by atoms with Gasteiger partial charge in [-0.2, -0.15) is 0 Å². The Labute approximate surface area is 189 Å². The summed E-state index contributed by atoms with van der Waals surface area (Å²) < 4.78 is 4.84. The maximum atomic E-state index is 11.8. The highest BCUT2D eigenvalue weighted by molar-refractivity contribution is 5.92. The average molecular weight is 434 g/mol. The van der Waals surface area contributed by atoms with Gasteiger partial charge in [0, 0.05) is 12.2 Å². The number of anilines is 1. The fourth-order valence-electron chi connectivity index (χ4n) is 3.55. The average Bonchev–Trinajstić information content (AvgIpc) is 2.80. The van der Waals surface area contributed by atoms with Gasteiger partial charge in [0.15, 0.2) is 12.4 Å². The van der Waals surface area contributed by atoms with Gasteiger partial charge in [-0.25, -0.2) is 4.79 Å². The zero-order valence-electron chi connectivity index (χ0n) is 19.5. The zero-order valence-corrected chi connectivity index (χ0v) is 19.5. The molecule has 0 heterocycles. The second-order valence-electron chi connectivity index (χ2n) is 8.37. The molecule has 0 spiro atoms. The molecule has 1 aromatic carbocycles. The molecule has 31 heavy (non-hydrogen) atoms. The van der Waals surface area contributed by atoms with Crippen LogP contribution in [0.3, 0.4) is 0 Å². The first-order chi connectivity index (χ1) is 15.2. The third-order valence-electron chi connectivity index (χ3n) is 5.52. The molecular weight excluding hydrogens is 390 g/mol. The lowest BCUT2D eigenvalue weighted by Gasteiger charge is -2.08. The first-order valence-electron chi connectivity index (χ1n) is 12.3. The summed E-state index contributed by atoms with van der Waals surface area (Å²) in [6.07, 6.45) is 19.0. The Morgan fingerprint density at radius 2 is 1.26 bits per heavy atom. The summed E-state index contributed by atoms with van der Waals surface area (Å²) >= 11 is 0. The Bertz CT molecular complexity index is 586. The Hall–Kier alpha value is -1.88. The van der Waals surface area contributed by atoms with Gasteiger partial charge in [0.05, 0.1) is 5.56 Å². The van der Waals surface area contributed by atoms with E-state index in [1.807, 2.05) is 12.1 Å². The van der Waals surface area contributed by atoms with E-state index in [0.717, 1.165) is 18.7 Å². The molecule has 0 aromatic heterocycles. The minimum atomic E-state index is -0.616. The van der Waals surface area contributed by atoms with Crippen LogP contribution < -0.4 is 5.32 Å². The molecule has 1 rings (SSSR count). The van der Waals surface area contributed by atoms with E-state index in [0.29, 0.717) is 5.56 Å². The van der Waals surface area contributed by atoms with Crippen LogP contribution in [0.1, 0.15) is 107 Å². The number of unbranched alkanes of at least 4 members (excludes halogenated alkanes) is 13. The van der Waals surface area contributed by atoms with Crippen LogP contribution in [0.2, 0.25) is 0 Å². The lowest BCUT2D eigenvalue weighted by atomic mass is 10.0. The number of hydrogen-bond acceptors (Lipinski definition) is 5. The summed E-state index contributed by atoms with van der Waals surface area (Å²) in [5, 5.41) is 12.0. The van der Waals surface area contributed by atoms with Gasteiger partial charge in [-0.3, -0.25) is 4.79 Å². The number of ether oxygens (including phenoxy) is 1. The standard InChI is InChI=1S/C26H43NO4/c1-2-3-4-5-6-7-8-9-10-11-12-13-14-15-20-27-24-18-16-23(17-19-24)26(30)31-22-25(29)21-28/h16-19,27-28H,2-15,20-22H2,1H3. The van der Waals surface area contributed by atoms with Gasteiger partial charge in [-0.15, -0.1) is 0 Å². The van der Waals surface area contributed by atoms with Gasteiger partial charge in [0.1, 0.15) is 6.61 Å². The molecule has 0 radical (unpaired) electrons. The summed E-state index contributed by atoms with van der Waals surface area (Å²) in [7, 11) is 0. The molecule has 2 N–H and O–H groups in total. The van der Waals surface area contributed by atoms with Crippen molar-refractivity contribution in [1.82, 2.24) is 0 Å². The molecule has 0 fully saturated rings. The third kappa shape index (κ3) is 14.7. The van der Waals surface area contributed by atoms with Crippen molar-refractivity contribution in [2.45, 2.75) is 96.8 Å². The monoisotopic (exact) mass is 433 g/mol. The Morgan fingerprint density at radius 1 is 0.774 bits per heavy atom. The normalized spacial score (nSPS) is 10.8. The molecule has 0 bridgehead atoms. The molecular formula is C26H43NO4. The number of benzene rings is 1. The molecule has 0 atom stereocenters. The van der Waals surface area contributed by atoms with E-state index in [9.17, 15) is 9.59 Å². The van der Waals surface area contributed by atoms with E-state index in [1.165, 1.54) is 83.5 Å². The maximum Gasteiger partial charge on any atom is 0.338 e. The number of carbonyl (C=O) groups is 2. The number of aliphatic hydroxyl groups excluding tert-OH is 1. The summed E-state index contributed by atoms with van der Waals surface area (Å²) in [5.41, 5.74) is 1.37. The van der Waals surface area contributed by atoms with Crippen LogP contribution in [0.5, 0.6) is 0 Å². The first-order valence-corrected chi connectivity index (χ1v) is 12.3. The van der Waals surface area contributed by atoms with Gasteiger partial charge in [-0.05, 0) is 30.7 Å². The van der Waals surface area contributed by atoms with Crippen molar-refractivity contribution in [3.8, 4) is 0 Å². The van der Waals surface area contributed by atoms with Crippen molar-refractivity contribution in [3.63, 3.8) is 0 Å². The molecule has 0 saturated heterocycles. The molecule has 0 saturated carbocycles. The van der Waals surface area contributed by atoms with Crippen LogP contribution in [0.4, 0.5) is 5.69 Å². The highest BCUT2D eigenvalue weighted by Gasteiger charge is 2.09. The smallest absolute Gasteiger partial charge is 0.338 e. The number of nitrogens with one attached hydrogen (secondary N) is 1. The maximum absolute atomic E-state index is 11.8. The van der Waals surface area contributed by atoms with Gasteiger partial charge >= 0.3 is 5.97 Å². The van der Waals surface area contributed by atoms with E-state index in [-0.39, 0.29) is 0 Å². The summed E-state index contributed by atoms with van der Waals surface area (Å²) in [6, 6.07) is 7.04. The lowest BCUT2D eigenvalue weighted by Crippen LogP contribution is -2.16. The number of Topliss-reactive ketones (excluding diaryl/α,β-unsaturated/α-hetero) is 1. The second kappa shape index (κ2) is 18.9. The van der Waals surface area contributed by atoms with E-state index in [1.54, 1.807) is 12.1 Å². The molecule has 176 valence electrons. The van der Waals surface area contributed by atoms with E-state index >= 15 is 0 Å². The van der Waals surface area contributed by atoms with E-state index < -0.39 is 25.0 Å². The largest absolute Gasteiger partial charge is 0.454 e. The Balaban J connectivity index is 1.95. The third-order valence-corrected chi connectivity index (χ3v) is 5.52. The van der Waals surface area contributed by atoms with Crippen molar-refractivity contribution in [3.05, 3.63) is 29.8 Å². The van der Waals surface area contributed by atoms with Crippen LogP contribution in [0, 0.1) is 0 Å². The molecule has 0 aliphatic carbocycles. The molecule has 1 aromatic rings. The SMILES string of the molecule is CCCCCCCCCCCCCCCCNc1ccc(C(=O)OCC(=O)CO)cc1. The van der Waals surface area contributed by atoms with E-state index in [2.05, 4.69) is 12.2 Å². The van der Waals surface area contributed by atoms with Crippen molar-refractivity contribution in [1.29, 1.82) is 0 Å². The fourth-order valence-corrected chi connectivity index (χ4v) is 3.55. The highest BCUT2D eigenvalue weighted by atomic mass is 16.5. The van der Waals surface area contributed by atoms with Crippen molar-refractivity contribution < 1.29 is 19.4 Å². The molecule has 0 aliphatic heterocycles. The van der Waals surface area contributed by atoms with Crippen LogP contribution >= 0.6 is 0 Å². The fraction of sp³-hybridized carbons (Fsp3) is 0.692. The number of ketones is 1. The van der Waals surface area contributed by atoms with Gasteiger partial charge in [0.2, 0.25) is 0 Å². The number of aliphatic hydroxyl groups is 1. The van der Waals surface area contributed by atoms with Gasteiger partial charge < -0.3 is 15.2 Å². The minimum absolute atomic E-state index is 0.394.